The van der Waals surface area contributed by atoms with Crippen LogP contribution in [0.1, 0.15) is 11.1 Å². The first-order valence-electron chi connectivity index (χ1n) is 10.2. The molecule has 0 radical (unpaired) electrons. The summed E-state index contributed by atoms with van der Waals surface area (Å²) in [7, 11) is 1.63. The highest BCUT2D eigenvalue weighted by Gasteiger charge is 2.17. The molecule has 0 atom stereocenters. The number of carbonyl (C=O) groups excluding carboxylic acids is 1. The van der Waals surface area contributed by atoms with Crippen LogP contribution in [0.3, 0.4) is 0 Å². The van der Waals surface area contributed by atoms with Crippen molar-refractivity contribution in [2.45, 2.75) is 18.6 Å². The van der Waals surface area contributed by atoms with Crippen LogP contribution in [-0.2, 0) is 11.3 Å². The Kier molecular flexibility index (Phi) is 6.87. The zero-order valence-electron chi connectivity index (χ0n) is 18.0. The average molecular weight is 445 g/mol. The van der Waals surface area contributed by atoms with E-state index in [-0.39, 0.29) is 11.7 Å². The van der Waals surface area contributed by atoms with Gasteiger partial charge in [-0.05, 0) is 36.8 Å². The highest BCUT2D eigenvalue weighted by molar-refractivity contribution is 7.99. The first kappa shape index (κ1) is 21.6. The summed E-state index contributed by atoms with van der Waals surface area (Å²) in [5.41, 5.74) is 4.08. The van der Waals surface area contributed by atoms with Crippen molar-refractivity contribution in [2.24, 2.45) is 0 Å². The Labute approximate surface area is 191 Å². The molecule has 0 bridgehead atoms. The summed E-state index contributed by atoms with van der Waals surface area (Å²) in [5, 5.41) is 12.4. The molecule has 6 nitrogen and oxygen atoms in total. The monoisotopic (exact) mass is 444 g/mol. The Morgan fingerprint density at radius 3 is 2.53 bits per heavy atom. The highest BCUT2D eigenvalue weighted by atomic mass is 32.2. The Bertz CT molecular complexity index is 1190. The quantitative estimate of drug-likeness (QED) is 0.400. The van der Waals surface area contributed by atoms with Gasteiger partial charge in [0.15, 0.2) is 11.0 Å². The fourth-order valence-electron chi connectivity index (χ4n) is 3.23. The van der Waals surface area contributed by atoms with E-state index in [4.69, 9.17) is 4.74 Å². The van der Waals surface area contributed by atoms with Crippen LogP contribution in [0.4, 0.5) is 0 Å². The van der Waals surface area contributed by atoms with E-state index in [0.717, 1.165) is 28.4 Å². The van der Waals surface area contributed by atoms with E-state index in [0.29, 0.717) is 11.7 Å². The molecule has 4 aromatic rings. The summed E-state index contributed by atoms with van der Waals surface area (Å²) < 4.78 is 7.23. The molecule has 0 aliphatic heterocycles. The van der Waals surface area contributed by atoms with Crippen molar-refractivity contribution in [3.05, 3.63) is 90.0 Å². The standard InChI is InChI=1S/C25H24N4O2S/c1-18-11-13-21(14-12-18)29-24(20-8-4-3-5-9-20)27-28-25(29)32-17-23(30)26-16-19-7-6-10-22(15-19)31-2/h3-15H,16-17H2,1-2H3,(H,26,30). The molecular weight excluding hydrogens is 420 g/mol. The first-order chi connectivity index (χ1) is 15.6. The largest absolute Gasteiger partial charge is 0.497 e. The SMILES string of the molecule is COc1cccc(CNC(=O)CSc2nnc(-c3ccccc3)n2-c2ccc(C)cc2)c1. The number of hydrogen-bond donors (Lipinski definition) is 1. The number of nitrogens with one attached hydrogen (secondary N) is 1. The zero-order chi connectivity index (χ0) is 22.3. The second-order valence-corrected chi connectivity index (χ2v) is 8.20. The average Bonchev–Trinajstić information content (AvgIpc) is 3.26. The molecule has 0 aliphatic rings. The summed E-state index contributed by atoms with van der Waals surface area (Å²) in [6, 6.07) is 25.8. The van der Waals surface area contributed by atoms with E-state index < -0.39 is 0 Å². The maximum absolute atomic E-state index is 12.5. The molecule has 0 aliphatic carbocycles. The molecule has 0 saturated heterocycles. The normalized spacial score (nSPS) is 10.7. The molecule has 0 fully saturated rings. The minimum atomic E-state index is -0.0717. The molecule has 0 spiro atoms. The molecule has 1 N–H and O–H groups in total. The molecular formula is C25H24N4O2S. The molecule has 4 rings (SSSR count). The van der Waals surface area contributed by atoms with Crippen LogP contribution in [-0.4, -0.2) is 33.5 Å². The van der Waals surface area contributed by atoms with Crippen molar-refractivity contribution in [2.75, 3.05) is 12.9 Å². The van der Waals surface area contributed by atoms with Gasteiger partial charge in [0.05, 0.1) is 12.9 Å². The summed E-state index contributed by atoms with van der Waals surface area (Å²) in [4.78, 5) is 12.5. The van der Waals surface area contributed by atoms with E-state index in [9.17, 15) is 4.79 Å². The van der Waals surface area contributed by atoms with Crippen molar-refractivity contribution in [3.8, 4) is 22.8 Å². The van der Waals surface area contributed by atoms with E-state index in [2.05, 4.69) is 34.6 Å². The lowest BCUT2D eigenvalue weighted by atomic mass is 10.2. The molecule has 0 unspecified atom stereocenters. The number of benzene rings is 3. The Morgan fingerprint density at radius 1 is 1.00 bits per heavy atom. The number of thioether (sulfide) groups is 1. The molecule has 3 aromatic carbocycles. The van der Waals surface area contributed by atoms with Crippen LogP contribution in [0.5, 0.6) is 5.75 Å². The zero-order valence-corrected chi connectivity index (χ0v) is 18.8. The number of aryl methyl sites for hydroxylation is 1. The van der Waals surface area contributed by atoms with Crippen LogP contribution in [0.15, 0.2) is 84.0 Å². The van der Waals surface area contributed by atoms with E-state index in [1.165, 1.54) is 17.3 Å². The topological polar surface area (TPSA) is 69.0 Å². The molecule has 1 heterocycles. The highest BCUT2D eigenvalue weighted by Crippen LogP contribution is 2.28. The summed E-state index contributed by atoms with van der Waals surface area (Å²) in [5.74, 6) is 1.68. The molecule has 32 heavy (non-hydrogen) atoms. The van der Waals surface area contributed by atoms with E-state index in [1.807, 2.05) is 71.3 Å². The first-order valence-corrected chi connectivity index (χ1v) is 11.2. The second-order valence-electron chi connectivity index (χ2n) is 7.26. The van der Waals surface area contributed by atoms with Gasteiger partial charge in [0.2, 0.25) is 5.91 Å². The van der Waals surface area contributed by atoms with Crippen LogP contribution >= 0.6 is 11.8 Å². The summed E-state index contributed by atoms with van der Waals surface area (Å²) in [6.45, 7) is 2.49. The van der Waals surface area contributed by atoms with E-state index >= 15 is 0 Å². The van der Waals surface area contributed by atoms with Gasteiger partial charge >= 0.3 is 0 Å². The Balaban J connectivity index is 1.50. The molecule has 1 aromatic heterocycles. The number of aromatic nitrogens is 3. The van der Waals surface area contributed by atoms with Crippen molar-refractivity contribution >= 4 is 17.7 Å². The van der Waals surface area contributed by atoms with Gasteiger partial charge in [-0.15, -0.1) is 10.2 Å². The fourth-order valence-corrected chi connectivity index (χ4v) is 4.01. The number of nitrogens with zero attached hydrogens (tertiary/aromatic N) is 3. The van der Waals surface area contributed by atoms with Gasteiger partial charge in [0, 0.05) is 17.8 Å². The number of ether oxygens (including phenoxy) is 1. The molecule has 0 saturated carbocycles. The number of carbonyl (C=O) groups is 1. The minimum absolute atomic E-state index is 0.0717. The predicted molar refractivity (Wildman–Crippen MR) is 127 cm³/mol. The lowest BCUT2D eigenvalue weighted by Crippen LogP contribution is -2.24. The van der Waals surface area contributed by atoms with Gasteiger partial charge in [-0.3, -0.25) is 9.36 Å². The van der Waals surface area contributed by atoms with Crippen LogP contribution in [0, 0.1) is 6.92 Å². The van der Waals surface area contributed by atoms with Gasteiger partial charge in [-0.2, -0.15) is 0 Å². The van der Waals surface area contributed by atoms with Gasteiger partial charge in [0.1, 0.15) is 5.75 Å². The van der Waals surface area contributed by atoms with Gasteiger partial charge in [-0.1, -0.05) is 71.9 Å². The predicted octanol–water partition coefficient (Wildman–Crippen LogP) is 4.66. The fraction of sp³-hybridized carbons (Fsp3) is 0.160. The van der Waals surface area contributed by atoms with Crippen molar-refractivity contribution in [1.82, 2.24) is 20.1 Å². The second kappa shape index (κ2) is 10.2. The minimum Gasteiger partial charge on any atom is -0.497 e. The van der Waals surface area contributed by atoms with Crippen molar-refractivity contribution in [1.29, 1.82) is 0 Å². The van der Waals surface area contributed by atoms with Crippen molar-refractivity contribution < 1.29 is 9.53 Å². The maximum Gasteiger partial charge on any atom is 0.230 e. The third kappa shape index (κ3) is 5.18. The third-order valence-corrected chi connectivity index (χ3v) is 5.84. The Morgan fingerprint density at radius 2 is 1.78 bits per heavy atom. The van der Waals surface area contributed by atoms with Crippen LogP contribution in [0.25, 0.3) is 17.1 Å². The number of rotatable bonds is 8. The molecule has 7 heteroatoms. The van der Waals surface area contributed by atoms with Crippen LogP contribution < -0.4 is 10.1 Å². The van der Waals surface area contributed by atoms with Crippen LogP contribution in [0.2, 0.25) is 0 Å². The number of amides is 1. The maximum atomic E-state index is 12.5. The number of hydrogen-bond acceptors (Lipinski definition) is 5. The lowest BCUT2D eigenvalue weighted by molar-refractivity contribution is -0.118. The summed E-state index contributed by atoms with van der Waals surface area (Å²) >= 11 is 1.37. The third-order valence-electron chi connectivity index (χ3n) is 4.91. The van der Waals surface area contributed by atoms with E-state index in [1.54, 1.807) is 7.11 Å². The lowest BCUT2D eigenvalue weighted by Gasteiger charge is -2.11. The van der Waals surface area contributed by atoms with Crippen molar-refractivity contribution in [3.63, 3.8) is 0 Å². The summed E-state index contributed by atoms with van der Waals surface area (Å²) in [6.07, 6.45) is 0. The number of methoxy groups -OCH3 is 1. The molecule has 1 amide bonds. The van der Waals surface area contributed by atoms with Gasteiger partial charge in [-0.25, -0.2) is 0 Å². The van der Waals surface area contributed by atoms with Gasteiger partial charge in [0.25, 0.3) is 0 Å². The smallest absolute Gasteiger partial charge is 0.230 e. The Hall–Kier alpha value is -3.58. The van der Waals surface area contributed by atoms with Gasteiger partial charge < -0.3 is 10.1 Å². The molecule has 162 valence electrons.